The number of hydrogen-bond donors (Lipinski definition) is 2. The first-order valence-corrected chi connectivity index (χ1v) is 8.19. The van der Waals surface area contributed by atoms with Gasteiger partial charge in [0, 0.05) is 43.7 Å². The third kappa shape index (κ3) is 3.77. The van der Waals surface area contributed by atoms with E-state index in [1.54, 1.807) is 6.07 Å². The van der Waals surface area contributed by atoms with Gasteiger partial charge in [-0.15, -0.1) is 0 Å². The standard InChI is InChI=1S/C12H17FN2O3S2/c1-9-10(8-19)6-11(18-20(13,16)17)7-12(9)15-4-2-14-3-5-15/h6-7,14,19H,2-5,8H2,1H3. The lowest BCUT2D eigenvalue weighted by Gasteiger charge is -2.31. The molecule has 0 aliphatic carbocycles. The minimum absolute atomic E-state index is 0.0179. The van der Waals surface area contributed by atoms with Gasteiger partial charge in [0.25, 0.3) is 0 Å². The quantitative estimate of drug-likeness (QED) is 0.649. The molecule has 20 heavy (non-hydrogen) atoms. The van der Waals surface area contributed by atoms with Crippen LogP contribution in [0.25, 0.3) is 0 Å². The minimum Gasteiger partial charge on any atom is -0.369 e. The largest absolute Gasteiger partial charge is 0.488 e. The molecule has 0 saturated carbocycles. The van der Waals surface area contributed by atoms with Crippen LogP contribution in [0.1, 0.15) is 11.1 Å². The number of nitrogens with zero attached hydrogens (tertiary/aromatic N) is 1. The Bertz CT molecular complexity index is 587. The maximum atomic E-state index is 12.7. The second-order valence-corrected chi connectivity index (χ2v) is 5.87. The van der Waals surface area contributed by atoms with Crippen molar-refractivity contribution < 1.29 is 16.5 Å². The van der Waals surface area contributed by atoms with Gasteiger partial charge in [0.2, 0.25) is 0 Å². The molecule has 1 aliphatic rings. The van der Waals surface area contributed by atoms with Gasteiger partial charge in [-0.2, -0.15) is 21.0 Å². The number of benzene rings is 1. The van der Waals surface area contributed by atoms with Crippen molar-refractivity contribution >= 4 is 28.8 Å². The van der Waals surface area contributed by atoms with Gasteiger partial charge in [-0.3, -0.25) is 0 Å². The maximum absolute atomic E-state index is 12.7. The van der Waals surface area contributed by atoms with Gasteiger partial charge < -0.3 is 14.4 Å². The summed E-state index contributed by atoms with van der Waals surface area (Å²) in [6.45, 7) is 5.25. The van der Waals surface area contributed by atoms with Crippen LogP contribution in [0.2, 0.25) is 0 Å². The fourth-order valence-electron chi connectivity index (χ4n) is 2.29. The van der Waals surface area contributed by atoms with E-state index in [1.165, 1.54) is 6.07 Å². The predicted octanol–water partition coefficient (Wildman–Crippen LogP) is 1.43. The van der Waals surface area contributed by atoms with Crippen LogP contribution in [0, 0.1) is 6.92 Å². The first kappa shape index (κ1) is 15.4. The molecule has 1 aliphatic heterocycles. The Morgan fingerprint density at radius 3 is 2.60 bits per heavy atom. The van der Waals surface area contributed by atoms with E-state index < -0.39 is 10.5 Å². The van der Waals surface area contributed by atoms with Crippen LogP contribution in [0.5, 0.6) is 5.75 Å². The maximum Gasteiger partial charge on any atom is 0.488 e. The molecule has 1 aromatic rings. The highest BCUT2D eigenvalue weighted by atomic mass is 32.3. The molecule has 0 bridgehead atoms. The molecular weight excluding hydrogens is 303 g/mol. The number of anilines is 1. The van der Waals surface area contributed by atoms with Crippen LogP contribution in [0.3, 0.4) is 0 Å². The third-order valence-electron chi connectivity index (χ3n) is 3.29. The first-order valence-electron chi connectivity index (χ1n) is 6.25. The molecule has 1 fully saturated rings. The molecule has 2 rings (SSSR count). The summed E-state index contributed by atoms with van der Waals surface area (Å²) in [6, 6.07) is 3.07. The number of hydrogen-bond acceptors (Lipinski definition) is 6. The van der Waals surface area contributed by atoms with E-state index in [-0.39, 0.29) is 5.75 Å². The topological polar surface area (TPSA) is 58.6 Å². The molecule has 0 atom stereocenters. The highest BCUT2D eigenvalue weighted by molar-refractivity contribution is 7.81. The fourth-order valence-corrected chi connectivity index (χ4v) is 2.95. The van der Waals surface area contributed by atoms with Crippen LogP contribution < -0.4 is 14.4 Å². The number of halogens is 1. The third-order valence-corrected chi connectivity index (χ3v) is 4.02. The van der Waals surface area contributed by atoms with E-state index in [1.807, 2.05) is 6.92 Å². The second kappa shape index (κ2) is 6.19. The average Bonchev–Trinajstić information content (AvgIpc) is 2.40. The van der Waals surface area contributed by atoms with Crippen LogP contribution in [-0.4, -0.2) is 34.6 Å². The summed E-state index contributed by atoms with van der Waals surface area (Å²) in [7, 11) is -5.02. The second-order valence-electron chi connectivity index (χ2n) is 4.60. The van der Waals surface area contributed by atoms with Crippen molar-refractivity contribution in [1.29, 1.82) is 0 Å². The smallest absolute Gasteiger partial charge is 0.369 e. The van der Waals surface area contributed by atoms with Gasteiger partial charge in [0.15, 0.2) is 0 Å². The zero-order valence-corrected chi connectivity index (χ0v) is 12.8. The van der Waals surface area contributed by atoms with E-state index in [0.29, 0.717) is 5.75 Å². The predicted molar refractivity (Wildman–Crippen MR) is 79.6 cm³/mol. The summed E-state index contributed by atoms with van der Waals surface area (Å²) in [6.07, 6.45) is 0. The van der Waals surface area contributed by atoms with Crippen LogP contribution in [0.4, 0.5) is 9.57 Å². The molecule has 0 unspecified atom stereocenters. The van der Waals surface area contributed by atoms with Crippen molar-refractivity contribution in [3.05, 3.63) is 23.3 Å². The lowest BCUT2D eigenvalue weighted by Crippen LogP contribution is -2.43. The monoisotopic (exact) mass is 320 g/mol. The summed E-state index contributed by atoms with van der Waals surface area (Å²) in [5.74, 6) is 0.407. The molecule has 8 heteroatoms. The molecule has 1 aromatic carbocycles. The molecule has 112 valence electrons. The van der Waals surface area contributed by atoms with Gasteiger partial charge in [-0.25, -0.2) is 0 Å². The van der Waals surface area contributed by atoms with Crippen LogP contribution in [0.15, 0.2) is 12.1 Å². The van der Waals surface area contributed by atoms with Crippen molar-refractivity contribution in [2.24, 2.45) is 0 Å². The summed E-state index contributed by atoms with van der Waals surface area (Å²) >= 11 is 4.22. The average molecular weight is 320 g/mol. The zero-order chi connectivity index (χ0) is 14.8. The van der Waals surface area contributed by atoms with Gasteiger partial charge in [0.05, 0.1) is 0 Å². The number of piperazine rings is 1. The van der Waals surface area contributed by atoms with E-state index in [4.69, 9.17) is 0 Å². The van der Waals surface area contributed by atoms with Crippen molar-refractivity contribution in [2.75, 3.05) is 31.1 Å². The summed E-state index contributed by atoms with van der Waals surface area (Å²) in [5, 5.41) is 3.24. The van der Waals surface area contributed by atoms with Gasteiger partial charge >= 0.3 is 10.5 Å². The number of thiol groups is 1. The van der Waals surface area contributed by atoms with Gasteiger partial charge in [0.1, 0.15) is 5.75 Å². The molecule has 5 nitrogen and oxygen atoms in total. The van der Waals surface area contributed by atoms with Crippen molar-refractivity contribution in [2.45, 2.75) is 12.7 Å². The Balaban J connectivity index is 2.40. The summed E-state index contributed by atoms with van der Waals surface area (Å²) < 4.78 is 38.3. The van der Waals surface area contributed by atoms with Crippen molar-refractivity contribution in [3.8, 4) is 5.75 Å². The normalized spacial score (nSPS) is 16.2. The lowest BCUT2D eigenvalue weighted by atomic mass is 10.1. The Hall–Kier alpha value is -0.990. The molecule has 0 aromatic heterocycles. The molecule has 1 heterocycles. The fraction of sp³-hybridized carbons (Fsp3) is 0.500. The van der Waals surface area contributed by atoms with Gasteiger partial charge in [-0.1, -0.05) is 3.89 Å². The lowest BCUT2D eigenvalue weighted by molar-refractivity contribution is 0.440. The Labute approximate surface area is 123 Å². The summed E-state index contributed by atoms with van der Waals surface area (Å²) in [5.41, 5.74) is 2.69. The number of nitrogens with one attached hydrogen (secondary N) is 1. The highest BCUT2D eigenvalue weighted by Gasteiger charge is 2.18. The van der Waals surface area contributed by atoms with Gasteiger partial charge in [-0.05, 0) is 24.1 Å². The van der Waals surface area contributed by atoms with E-state index in [0.717, 1.165) is 43.0 Å². The minimum atomic E-state index is -5.02. The Morgan fingerprint density at radius 1 is 1.40 bits per heavy atom. The SMILES string of the molecule is Cc1c(CS)cc(OS(=O)(=O)F)cc1N1CCNCC1. The molecule has 0 amide bonds. The van der Waals surface area contributed by atoms with Crippen LogP contribution >= 0.6 is 12.6 Å². The Morgan fingerprint density at radius 2 is 2.05 bits per heavy atom. The molecule has 1 saturated heterocycles. The van der Waals surface area contributed by atoms with Crippen LogP contribution in [-0.2, 0) is 16.3 Å². The molecule has 0 radical (unpaired) electrons. The van der Waals surface area contributed by atoms with E-state index in [9.17, 15) is 12.3 Å². The molecule has 1 N–H and O–H groups in total. The molecule has 0 spiro atoms. The summed E-state index contributed by atoms with van der Waals surface area (Å²) in [4.78, 5) is 2.12. The van der Waals surface area contributed by atoms with E-state index >= 15 is 0 Å². The first-order chi connectivity index (χ1) is 9.40. The highest BCUT2D eigenvalue weighted by Crippen LogP contribution is 2.31. The zero-order valence-electron chi connectivity index (χ0n) is 11.1. The van der Waals surface area contributed by atoms with Crippen molar-refractivity contribution in [3.63, 3.8) is 0 Å². The van der Waals surface area contributed by atoms with E-state index in [2.05, 4.69) is 27.0 Å². The van der Waals surface area contributed by atoms with Crippen molar-refractivity contribution in [1.82, 2.24) is 5.32 Å². The Kier molecular flexibility index (Phi) is 4.77. The number of rotatable bonds is 4. The molecular formula is C12H17FN2O3S2.